The van der Waals surface area contributed by atoms with E-state index in [-0.39, 0.29) is 6.10 Å². The Bertz CT molecular complexity index is 431. The van der Waals surface area contributed by atoms with Crippen molar-refractivity contribution in [2.24, 2.45) is 5.10 Å². The third kappa shape index (κ3) is 8.47. The lowest BCUT2D eigenvalue weighted by atomic mass is 10.00. The molecular weight excluding hydrogens is 318 g/mol. The van der Waals surface area contributed by atoms with Crippen LogP contribution >= 0.6 is 0 Å². The zero-order valence-corrected chi connectivity index (χ0v) is 15.4. The maximum absolute atomic E-state index is 11.9. The van der Waals surface area contributed by atoms with E-state index in [2.05, 4.69) is 15.8 Å². The Kier molecular flexibility index (Phi) is 9.55. The van der Waals surface area contributed by atoms with Crippen LogP contribution in [0.3, 0.4) is 0 Å². The van der Waals surface area contributed by atoms with E-state index in [9.17, 15) is 9.59 Å². The van der Waals surface area contributed by atoms with Gasteiger partial charge in [0.15, 0.2) is 0 Å². The smallest absolute Gasteiger partial charge is 0.329 e. The van der Waals surface area contributed by atoms with Crippen molar-refractivity contribution < 1.29 is 14.3 Å². The maximum Gasteiger partial charge on any atom is 0.329 e. The minimum atomic E-state index is -0.684. The van der Waals surface area contributed by atoms with E-state index < -0.39 is 11.8 Å². The first-order valence-corrected chi connectivity index (χ1v) is 10.0. The molecule has 0 bridgehead atoms. The number of amides is 2. The highest BCUT2D eigenvalue weighted by atomic mass is 16.5. The van der Waals surface area contributed by atoms with Gasteiger partial charge >= 0.3 is 11.8 Å². The molecule has 1 saturated heterocycles. The SMILES string of the molecule is O=C(NC[C@H]1CCCO1)C(=O)NN=C1CCCCCCCCCCC1. The second-order valence-corrected chi connectivity index (χ2v) is 7.15. The van der Waals surface area contributed by atoms with Crippen LogP contribution < -0.4 is 10.7 Å². The van der Waals surface area contributed by atoms with E-state index in [4.69, 9.17) is 4.74 Å². The van der Waals surface area contributed by atoms with Crippen molar-refractivity contribution in [2.45, 2.75) is 89.6 Å². The molecule has 1 saturated carbocycles. The number of rotatable bonds is 3. The zero-order chi connectivity index (χ0) is 17.7. The molecule has 2 rings (SSSR count). The van der Waals surface area contributed by atoms with Crippen LogP contribution in [0.15, 0.2) is 5.10 Å². The number of carbonyl (C=O) groups excluding carboxylic acids is 2. The normalized spacial score (nSPS) is 23.2. The fourth-order valence-electron chi connectivity index (χ4n) is 3.41. The lowest BCUT2D eigenvalue weighted by Gasteiger charge is -2.11. The van der Waals surface area contributed by atoms with Gasteiger partial charge in [-0.15, -0.1) is 0 Å². The number of nitrogens with zero attached hydrogens (tertiary/aromatic N) is 1. The monoisotopic (exact) mass is 351 g/mol. The standard InChI is InChI=1S/C19H33N3O3/c23-18(20-15-17-13-10-14-25-17)19(24)22-21-16-11-8-6-4-2-1-3-5-7-9-12-16/h17H,1-15H2,(H,20,23)(H,22,24)/t17-/m1/s1. The average Bonchev–Trinajstić information content (AvgIpc) is 3.12. The Morgan fingerprint density at radius 1 is 0.880 bits per heavy atom. The Labute approximate surface area is 151 Å². The molecular formula is C19H33N3O3. The van der Waals surface area contributed by atoms with E-state index in [1.165, 1.54) is 44.9 Å². The molecule has 2 aliphatic rings. The number of nitrogens with one attached hydrogen (secondary N) is 2. The van der Waals surface area contributed by atoms with Crippen molar-refractivity contribution in [3.63, 3.8) is 0 Å². The molecule has 2 N–H and O–H groups in total. The summed E-state index contributed by atoms with van der Waals surface area (Å²) in [6, 6.07) is 0. The Balaban J connectivity index is 1.72. The second kappa shape index (κ2) is 12.0. The van der Waals surface area contributed by atoms with E-state index >= 15 is 0 Å². The molecule has 1 aliphatic heterocycles. The predicted molar refractivity (Wildman–Crippen MR) is 98.3 cm³/mol. The van der Waals surface area contributed by atoms with E-state index in [1.54, 1.807) is 0 Å². The molecule has 0 unspecified atom stereocenters. The number of carbonyl (C=O) groups is 2. The summed E-state index contributed by atoms with van der Waals surface area (Å²) in [5, 5.41) is 6.86. The molecule has 142 valence electrons. The van der Waals surface area contributed by atoms with Gasteiger partial charge in [-0.05, 0) is 38.5 Å². The molecule has 0 radical (unpaired) electrons. The highest BCUT2D eigenvalue weighted by molar-refractivity contribution is 6.35. The first kappa shape index (κ1) is 19.9. The summed E-state index contributed by atoms with van der Waals surface area (Å²) in [4.78, 5) is 23.7. The number of hydrogen-bond donors (Lipinski definition) is 2. The van der Waals surface area contributed by atoms with Crippen molar-refractivity contribution >= 4 is 17.5 Å². The molecule has 0 aromatic carbocycles. The zero-order valence-electron chi connectivity index (χ0n) is 15.4. The first-order valence-electron chi connectivity index (χ1n) is 10.0. The van der Waals surface area contributed by atoms with Crippen molar-refractivity contribution in [2.75, 3.05) is 13.2 Å². The summed E-state index contributed by atoms with van der Waals surface area (Å²) in [6.45, 7) is 1.13. The fourth-order valence-corrected chi connectivity index (χ4v) is 3.41. The van der Waals surface area contributed by atoms with Crippen LogP contribution in [-0.2, 0) is 14.3 Å². The highest BCUT2D eigenvalue weighted by Crippen LogP contribution is 2.15. The Hall–Kier alpha value is -1.43. The fraction of sp³-hybridized carbons (Fsp3) is 0.842. The topological polar surface area (TPSA) is 79.8 Å². The molecule has 2 amide bonds. The lowest BCUT2D eigenvalue weighted by molar-refractivity contribution is -0.139. The maximum atomic E-state index is 11.9. The van der Waals surface area contributed by atoms with Crippen molar-refractivity contribution in [3.05, 3.63) is 0 Å². The molecule has 25 heavy (non-hydrogen) atoms. The van der Waals surface area contributed by atoms with Gasteiger partial charge in [-0.1, -0.05) is 44.9 Å². The Morgan fingerprint density at radius 2 is 1.48 bits per heavy atom. The molecule has 0 aromatic rings. The van der Waals surface area contributed by atoms with E-state index in [0.717, 1.165) is 50.8 Å². The molecule has 1 atom stereocenters. The van der Waals surface area contributed by atoms with Crippen LogP contribution in [0.25, 0.3) is 0 Å². The van der Waals surface area contributed by atoms with Crippen LogP contribution in [0.5, 0.6) is 0 Å². The van der Waals surface area contributed by atoms with Crippen molar-refractivity contribution in [1.29, 1.82) is 0 Å². The first-order chi connectivity index (χ1) is 12.3. The number of hydrogen-bond acceptors (Lipinski definition) is 4. The third-order valence-corrected chi connectivity index (χ3v) is 4.97. The van der Waals surface area contributed by atoms with Gasteiger partial charge in [0.25, 0.3) is 0 Å². The van der Waals surface area contributed by atoms with E-state index in [0.29, 0.717) is 6.54 Å². The minimum Gasteiger partial charge on any atom is -0.376 e. The number of ether oxygens (including phenoxy) is 1. The van der Waals surface area contributed by atoms with Gasteiger partial charge in [-0.25, -0.2) is 5.43 Å². The van der Waals surface area contributed by atoms with Crippen LogP contribution in [0.1, 0.15) is 83.5 Å². The van der Waals surface area contributed by atoms with Crippen LogP contribution in [-0.4, -0.2) is 36.8 Å². The molecule has 1 heterocycles. The largest absolute Gasteiger partial charge is 0.376 e. The summed E-state index contributed by atoms with van der Waals surface area (Å²) in [6.07, 6.45) is 15.1. The number of hydrazone groups is 1. The predicted octanol–water partition coefficient (Wildman–Crippen LogP) is 3.06. The summed E-state index contributed by atoms with van der Waals surface area (Å²) < 4.78 is 5.43. The molecule has 6 nitrogen and oxygen atoms in total. The summed E-state index contributed by atoms with van der Waals surface area (Å²) >= 11 is 0. The van der Waals surface area contributed by atoms with Gasteiger partial charge in [-0.2, -0.15) is 5.10 Å². The molecule has 1 aliphatic carbocycles. The third-order valence-electron chi connectivity index (χ3n) is 4.97. The lowest BCUT2D eigenvalue weighted by Crippen LogP contribution is -2.41. The summed E-state index contributed by atoms with van der Waals surface area (Å²) in [5.41, 5.74) is 3.45. The average molecular weight is 351 g/mol. The van der Waals surface area contributed by atoms with Gasteiger partial charge in [0.2, 0.25) is 0 Å². The van der Waals surface area contributed by atoms with E-state index in [1.807, 2.05) is 0 Å². The molecule has 0 aromatic heterocycles. The van der Waals surface area contributed by atoms with Crippen molar-refractivity contribution in [3.8, 4) is 0 Å². The summed E-state index contributed by atoms with van der Waals surface area (Å²) in [5.74, 6) is -1.32. The van der Waals surface area contributed by atoms with Gasteiger partial charge in [0.05, 0.1) is 6.10 Å². The molecule has 0 spiro atoms. The summed E-state index contributed by atoms with van der Waals surface area (Å²) in [7, 11) is 0. The molecule has 6 heteroatoms. The Morgan fingerprint density at radius 3 is 2.04 bits per heavy atom. The van der Waals surface area contributed by atoms with Gasteiger partial charge in [0.1, 0.15) is 0 Å². The molecule has 2 fully saturated rings. The minimum absolute atomic E-state index is 0.0365. The van der Waals surface area contributed by atoms with Gasteiger partial charge in [0, 0.05) is 18.9 Å². The van der Waals surface area contributed by atoms with Gasteiger partial charge in [-0.3, -0.25) is 9.59 Å². The van der Waals surface area contributed by atoms with Crippen molar-refractivity contribution in [1.82, 2.24) is 10.7 Å². The second-order valence-electron chi connectivity index (χ2n) is 7.15. The van der Waals surface area contributed by atoms with Crippen LogP contribution in [0.2, 0.25) is 0 Å². The highest BCUT2D eigenvalue weighted by Gasteiger charge is 2.19. The van der Waals surface area contributed by atoms with Crippen LogP contribution in [0.4, 0.5) is 0 Å². The van der Waals surface area contributed by atoms with Crippen LogP contribution in [0, 0.1) is 0 Å². The quantitative estimate of drug-likeness (QED) is 0.606. The van der Waals surface area contributed by atoms with Gasteiger partial charge < -0.3 is 10.1 Å².